The number of furan rings is 2. The number of carbonyl (C=O) groups excluding carboxylic acids is 1. The van der Waals surface area contributed by atoms with Gasteiger partial charge in [0.05, 0.1) is 6.26 Å². The molecule has 4 aromatic heterocycles. The van der Waals surface area contributed by atoms with Crippen LogP contribution >= 0.6 is 11.3 Å². The zero-order valence-electron chi connectivity index (χ0n) is 29.8. The number of ketones is 1. The zero-order valence-corrected chi connectivity index (χ0v) is 33.0. The number of allylic oxidation sites excluding steroid dienone is 2. The van der Waals surface area contributed by atoms with Gasteiger partial charge in [-0.3, -0.25) is 9.78 Å². The molecule has 4 heterocycles. The molecular formula is C40H47IrN2O4S-. The summed E-state index contributed by atoms with van der Waals surface area (Å²) in [6.07, 6.45) is 8.08. The number of hydrogen-bond acceptors (Lipinski definition) is 7. The summed E-state index contributed by atoms with van der Waals surface area (Å²) in [5.41, 5.74) is 5.61. The number of benzene rings is 2. The van der Waals surface area contributed by atoms with Gasteiger partial charge in [-0.1, -0.05) is 79.5 Å². The van der Waals surface area contributed by atoms with Crippen molar-refractivity contribution in [3.8, 4) is 11.3 Å². The summed E-state index contributed by atoms with van der Waals surface area (Å²) >= 11 is 1.76. The summed E-state index contributed by atoms with van der Waals surface area (Å²) in [7, 11) is 0. The number of carbonyl (C=O) groups is 1. The quantitative estimate of drug-likeness (QED) is 0.0932. The first-order valence-electron chi connectivity index (χ1n) is 16.6. The number of rotatable bonds is 8. The third-order valence-corrected chi connectivity index (χ3v) is 11.3. The maximum atomic E-state index is 12.2. The largest absolute Gasteiger partial charge is 0.512 e. The summed E-state index contributed by atoms with van der Waals surface area (Å²) in [5, 5.41) is 16.3. The SMILES string of the molecule is CCC(C)(CC)C(=O)/C=C(\O)C(C)(CC)CC.Cc1coc2c1ccc1c2oc2ncnc(-c3[c-]c4ccsc4c(C(C)(C)C)c3)c21.[Ir]. The molecule has 0 unspecified atom stereocenters. The van der Waals surface area contributed by atoms with Gasteiger partial charge in [0, 0.05) is 58.9 Å². The minimum absolute atomic E-state index is 0. The van der Waals surface area contributed by atoms with Crippen molar-refractivity contribution in [3.05, 3.63) is 71.3 Å². The molecule has 48 heavy (non-hydrogen) atoms. The van der Waals surface area contributed by atoms with E-state index in [1.54, 1.807) is 23.9 Å². The van der Waals surface area contributed by atoms with E-state index in [2.05, 4.69) is 66.5 Å². The van der Waals surface area contributed by atoms with Crippen LogP contribution in [0.25, 0.3) is 54.4 Å². The van der Waals surface area contributed by atoms with Crippen molar-refractivity contribution in [1.29, 1.82) is 0 Å². The molecule has 0 aliphatic heterocycles. The summed E-state index contributed by atoms with van der Waals surface area (Å²) in [5.74, 6) is 0.286. The zero-order chi connectivity index (χ0) is 34.3. The first kappa shape index (κ1) is 37.5. The smallest absolute Gasteiger partial charge is 0.223 e. The molecule has 2 aromatic carbocycles. The Morgan fingerprint density at radius 1 is 0.938 bits per heavy atom. The van der Waals surface area contributed by atoms with Crippen LogP contribution in [0.3, 0.4) is 0 Å². The number of nitrogens with zero attached hydrogens (tertiary/aromatic N) is 2. The molecule has 6 rings (SSSR count). The van der Waals surface area contributed by atoms with Crippen LogP contribution in [-0.2, 0) is 30.3 Å². The maximum absolute atomic E-state index is 12.2. The maximum Gasteiger partial charge on any atom is 0.223 e. The van der Waals surface area contributed by atoms with Gasteiger partial charge in [-0.25, -0.2) is 4.98 Å². The molecule has 0 spiro atoms. The van der Waals surface area contributed by atoms with Crippen LogP contribution in [0.2, 0.25) is 0 Å². The second-order valence-electron chi connectivity index (χ2n) is 14.2. The Morgan fingerprint density at radius 3 is 2.21 bits per heavy atom. The van der Waals surface area contributed by atoms with Gasteiger partial charge in [0.2, 0.25) is 5.71 Å². The fraction of sp³-hybridized carbons (Fsp3) is 0.425. The van der Waals surface area contributed by atoms with Crippen molar-refractivity contribution in [3.63, 3.8) is 0 Å². The molecule has 6 nitrogen and oxygen atoms in total. The van der Waals surface area contributed by atoms with E-state index in [-0.39, 0.29) is 47.9 Å². The number of aliphatic hydroxyl groups excluding tert-OH is 1. The Bertz CT molecular complexity index is 2100. The molecule has 6 aromatic rings. The van der Waals surface area contributed by atoms with Crippen molar-refractivity contribution >= 4 is 60.2 Å². The van der Waals surface area contributed by atoms with Crippen molar-refractivity contribution in [2.75, 3.05) is 0 Å². The van der Waals surface area contributed by atoms with Crippen LogP contribution in [0, 0.1) is 23.8 Å². The van der Waals surface area contributed by atoms with Gasteiger partial charge in [0.15, 0.2) is 16.9 Å². The van der Waals surface area contributed by atoms with Crippen molar-refractivity contribution < 1.29 is 38.8 Å². The topological polar surface area (TPSA) is 89.4 Å². The number of aliphatic hydroxyl groups is 1. The molecular weight excluding hydrogens is 797 g/mol. The summed E-state index contributed by atoms with van der Waals surface area (Å²) < 4.78 is 13.2. The van der Waals surface area contributed by atoms with E-state index in [1.807, 2.05) is 48.5 Å². The molecule has 0 saturated heterocycles. The Labute approximate surface area is 301 Å². The third-order valence-electron chi connectivity index (χ3n) is 10.3. The average molecular weight is 844 g/mol. The van der Waals surface area contributed by atoms with Gasteiger partial charge in [-0.2, -0.15) is 11.3 Å². The number of fused-ring (bicyclic) bond motifs is 6. The second kappa shape index (κ2) is 14.3. The van der Waals surface area contributed by atoms with E-state index in [1.165, 1.54) is 16.3 Å². The van der Waals surface area contributed by atoms with Crippen molar-refractivity contribution in [2.24, 2.45) is 10.8 Å². The van der Waals surface area contributed by atoms with Crippen LogP contribution in [-0.4, -0.2) is 20.9 Å². The molecule has 0 atom stereocenters. The number of aromatic nitrogens is 2. The van der Waals surface area contributed by atoms with Crippen molar-refractivity contribution in [1.82, 2.24) is 9.97 Å². The fourth-order valence-electron chi connectivity index (χ4n) is 5.86. The minimum Gasteiger partial charge on any atom is -0.512 e. The number of hydrogen-bond donors (Lipinski definition) is 1. The Kier molecular flexibility index (Phi) is 11.1. The molecule has 8 heteroatoms. The van der Waals surface area contributed by atoms with Crippen molar-refractivity contribution in [2.45, 2.75) is 100 Å². The van der Waals surface area contributed by atoms with Crippen LogP contribution in [0.1, 0.15) is 99.1 Å². The van der Waals surface area contributed by atoms with E-state index in [4.69, 9.17) is 8.83 Å². The molecule has 0 saturated carbocycles. The molecule has 0 fully saturated rings. The molecule has 0 bridgehead atoms. The molecule has 257 valence electrons. The van der Waals surface area contributed by atoms with Gasteiger partial charge in [-0.05, 0) is 59.7 Å². The second-order valence-corrected chi connectivity index (χ2v) is 15.1. The summed E-state index contributed by atoms with van der Waals surface area (Å²) in [6.45, 7) is 20.8. The summed E-state index contributed by atoms with van der Waals surface area (Å²) in [4.78, 5) is 21.3. The summed E-state index contributed by atoms with van der Waals surface area (Å²) in [6, 6.07) is 12.1. The van der Waals surface area contributed by atoms with Gasteiger partial charge in [0.1, 0.15) is 12.1 Å². The number of thiophene rings is 1. The normalized spacial score (nSPS) is 12.8. The van der Waals surface area contributed by atoms with Crippen LogP contribution in [0.15, 0.2) is 62.9 Å². The van der Waals surface area contributed by atoms with Crippen LogP contribution < -0.4 is 0 Å². The number of aryl methyl sites for hydroxylation is 1. The minimum atomic E-state index is -0.337. The predicted octanol–water partition coefficient (Wildman–Crippen LogP) is 12.1. The monoisotopic (exact) mass is 844 g/mol. The van der Waals surface area contributed by atoms with Crippen LogP contribution in [0.5, 0.6) is 0 Å². The first-order valence-corrected chi connectivity index (χ1v) is 17.5. The van der Waals surface area contributed by atoms with Gasteiger partial charge >= 0.3 is 0 Å². The molecule has 1 radical (unpaired) electrons. The molecule has 0 aliphatic carbocycles. The van der Waals surface area contributed by atoms with E-state index >= 15 is 0 Å². The molecule has 0 aliphatic rings. The molecule has 0 amide bonds. The van der Waals surface area contributed by atoms with E-state index in [0.29, 0.717) is 11.3 Å². The van der Waals surface area contributed by atoms with Gasteiger partial charge < -0.3 is 13.9 Å². The Balaban J connectivity index is 0.000000251. The van der Waals surface area contributed by atoms with E-state index < -0.39 is 0 Å². The average Bonchev–Trinajstić information content (AvgIpc) is 3.79. The van der Waals surface area contributed by atoms with Crippen LogP contribution in [0.4, 0.5) is 0 Å². The Morgan fingerprint density at radius 2 is 1.58 bits per heavy atom. The standard InChI is InChI=1S/C25H19N2O2S.C15H28O2.Ir/c1-13-11-28-21-16(13)5-6-17-19-20(26-12-27-24(19)29-22(17)21)15-9-14-7-8-30-23(14)18(10-15)25(2,3)4;1-7-14(5,8-2)12(16)11-13(17)15(6,9-3)10-4;/h5-8,10-12H,1-4H3;11,16H,7-10H2,1-6H3;/q-1;;/b;12-11-;. The molecule has 1 N–H and O–H groups in total. The fourth-order valence-corrected chi connectivity index (χ4v) is 6.94. The third kappa shape index (κ3) is 6.77. The van der Waals surface area contributed by atoms with Gasteiger partial charge in [0.25, 0.3) is 0 Å². The van der Waals surface area contributed by atoms with E-state index in [0.717, 1.165) is 69.6 Å². The first-order chi connectivity index (χ1) is 22.2. The predicted molar refractivity (Wildman–Crippen MR) is 195 cm³/mol. The Hall–Kier alpha value is -3.32. The van der Waals surface area contributed by atoms with Gasteiger partial charge in [-0.15, -0.1) is 23.6 Å². The van der Waals surface area contributed by atoms with E-state index in [9.17, 15) is 9.90 Å².